The molecule has 2 rings (SSSR count). The second-order valence-corrected chi connectivity index (χ2v) is 8.55. The molecule has 1 atom stereocenters. The van der Waals surface area contributed by atoms with Crippen LogP contribution in [0.25, 0.3) is 5.57 Å². The molecule has 3 N–H and O–H groups in total. The van der Waals surface area contributed by atoms with Crippen molar-refractivity contribution in [1.29, 1.82) is 0 Å². The monoisotopic (exact) mass is 444 g/mol. The van der Waals surface area contributed by atoms with E-state index in [1.54, 1.807) is 0 Å². The molecule has 1 unspecified atom stereocenters. The molecule has 182 valence electrons. The van der Waals surface area contributed by atoms with Gasteiger partial charge in [-0.3, -0.25) is 4.79 Å². The number of allylic oxidation sites excluding steroid dienone is 3. The fraction of sp³-hybridized carbons (Fsp3) is 0.607. The van der Waals surface area contributed by atoms with Gasteiger partial charge in [-0.05, 0) is 76.6 Å². The zero-order valence-corrected chi connectivity index (χ0v) is 21.9. The van der Waals surface area contributed by atoms with Crippen molar-refractivity contribution in [2.45, 2.75) is 99.6 Å². The Kier molecular flexibility index (Phi) is 15.7. The van der Waals surface area contributed by atoms with E-state index in [1.807, 2.05) is 48.5 Å². The molecule has 0 radical (unpaired) electrons. The molecule has 0 amide bonds. The summed E-state index contributed by atoms with van der Waals surface area (Å²) in [4.78, 5) is 11.3. The number of hydrogen-bond acceptors (Lipinski definition) is 4. The summed E-state index contributed by atoms with van der Waals surface area (Å²) in [6, 6.07) is 6.87. The van der Waals surface area contributed by atoms with E-state index in [-0.39, 0.29) is 6.04 Å². The Balaban J connectivity index is 0.000000635. The number of ketones is 1. The van der Waals surface area contributed by atoms with Crippen molar-refractivity contribution in [1.82, 2.24) is 0 Å². The number of rotatable bonds is 8. The van der Waals surface area contributed by atoms with Gasteiger partial charge < -0.3 is 15.8 Å². The highest BCUT2D eigenvalue weighted by Crippen LogP contribution is 2.27. The minimum Gasteiger partial charge on any atom is -0.382 e. The second kappa shape index (κ2) is 16.7. The van der Waals surface area contributed by atoms with E-state index in [2.05, 4.69) is 37.0 Å². The lowest BCUT2D eigenvalue weighted by Crippen LogP contribution is -2.28. The topological polar surface area (TPSA) is 64.3 Å². The molecular weight excluding hydrogens is 396 g/mol. The molecule has 0 aromatic heterocycles. The van der Waals surface area contributed by atoms with Crippen LogP contribution in [0, 0.1) is 0 Å². The molecule has 1 fully saturated rings. The first-order valence-corrected chi connectivity index (χ1v) is 12.2. The van der Waals surface area contributed by atoms with Gasteiger partial charge in [0.1, 0.15) is 0 Å². The van der Waals surface area contributed by atoms with Crippen molar-refractivity contribution >= 4 is 17.0 Å². The van der Waals surface area contributed by atoms with E-state index in [1.165, 1.54) is 5.56 Å². The normalized spacial score (nSPS) is 14.2. The van der Waals surface area contributed by atoms with Crippen molar-refractivity contribution in [2.24, 2.45) is 5.73 Å². The highest BCUT2D eigenvalue weighted by atomic mass is 16.5. The van der Waals surface area contributed by atoms with E-state index in [4.69, 9.17) is 10.5 Å². The van der Waals surface area contributed by atoms with E-state index in [0.29, 0.717) is 18.2 Å². The summed E-state index contributed by atoms with van der Waals surface area (Å²) in [7, 11) is 0. The van der Waals surface area contributed by atoms with Crippen LogP contribution >= 0.6 is 0 Å². The number of nitrogens with one attached hydrogen (secondary N) is 1. The smallest absolute Gasteiger partial charge is 0.158 e. The third kappa shape index (κ3) is 11.1. The largest absolute Gasteiger partial charge is 0.382 e. The molecular formula is C28H48N2O2. The van der Waals surface area contributed by atoms with E-state index < -0.39 is 0 Å². The Morgan fingerprint density at radius 3 is 2.25 bits per heavy atom. The first-order chi connectivity index (χ1) is 15.2. The molecule has 0 saturated carbocycles. The van der Waals surface area contributed by atoms with Gasteiger partial charge in [-0.25, -0.2) is 0 Å². The maximum absolute atomic E-state index is 11.3. The molecule has 0 spiro atoms. The van der Waals surface area contributed by atoms with Crippen molar-refractivity contribution in [3.63, 3.8) is 0 Å². The fourth-order valence-corrected chi connectivity index (χ4v) is 3.21. The van der Waals surface area contributed by atoms with Crippen LogP contribution in [0.1, 0.15) is 105 Å². The van der Waals surface area contributed by atoms with E-state index in [9.17, 15) is 4.79 Å². The number of unbranched alkanes of at least 4 members (excludes halogenated alkanes) is 1. The number of Topliss-reactive ketones (excluding diaryl/α,β-unsaturated/α-hetero) is 1. The molecule has 1 aliphatic heterocycles. The second-order valence-electron chi connectivity index (χ2n) is 8.55. The summed E-state index contributed by atoms with van der Waals surface area (Å²) >= 11 is 0. The van der Waals surface area contributed by atoms with Gasteiger partial charge in [0, 0.05) is 37.4 Å². The standard InChI is InChI=1S/C16H24N2O.C10H18O.C2H6/c1-11(2)13-4-5-15(12(3)17)16(10-13)18-14-6-8-19-9-7-14;1-5-6-7-10(11)9(4)8(2)3;1-2/h4-5,10,12,14,18H,1,6-9,17H2,2-3H3;5-7H2,1-4H3;1-2H3. The summed E-state index contributed by atoms with van der Waals surface area (Å²) in [6.45, 7) is 21.7. The lowest BCUT2D eigenvalue weighted by Gasteiger charge is -2.26. The Labute approximate surface area is 197 Å². The Morgan fingerprint density at radius 1 is 1.19 bits per heavy atom. The van der Waals surface area contributed by atoms with Gasteiger partial charge in [-0.1, -0.05) is 57.0 Å². The van der Waals surface area contributed by atoms with Crippen LogP contribution in [0.5, 0.6) is 0 Å². The summed E-state index contributed by atoms with van der Waals surface area (Å²) < 4.78 is 5.40. The van der Waals surface area contributed by atoms with Crippen molar-refractivity contribution in [3.8, 4) is 0 Å². The van der Waals surface area contributed by atoms with Crippen LogP contribution in [0.4, 0.5) is 5.69 Å². The average molecular weight is 445 g/mol. The Morgan fingerprint density at radius 2 is 1.78 bits per heavy atom. The summed E-state index contributed by atoms with van der Waals surface area (Å²) in [5.41, 5.74) is 12.7. The van der Waals surface area contributed by atoms with E-state index in [0.717, 1.165) is 66.9 Å². The predicted molar refractivity (Wildman–Crippen MR) is 141 cm³/mol. The lowest BCUT2D eigenvalue weighted by atomic mass is 9.99. The van der Waals surface area contributed by atoms with Crippen LogP contribution in [0.15, 0.2) is 35.9 Å². The first-order valence-electron chi connectivity index (χ1n) is 12.2. The molecule has 1 aromatic carbocycles. The van der Waals surface area contributed by atoms with Gasteiger partial charge in [-0.15, -0.1) is 0 Å². The highest BCUT2D eigenvalue weighted by molar-refractivity contribution is 5.95. The molecule has 4 nitrogen and oxygen atoms in total. The Hall–Kier alpha value is -1.91. The number of benzene rings is 1. The van der Waals surface area contributed by atoms with Gasteiger partial charge in [-0.2, -0.15) is 0 Å². The van der Waals surface area contributed by atoms with Crippen LogP contribution in [-0.2, 0) is 9.53 Å². The van der Waals surface area contributed by atoms with Gasteiger partial charge in [0.25, 0.3) is 0 Å². The fourth-order valence-electron chi connectivity index (χ4n) is 3.21. The van der Waals surface area contributed by atoms with Crippen molar-refractivity contribution < 1.29 is 9.53 Å². The summed E-state index contributed by atoms with van der Waals surface area (Å²) in [5, 5.41) is 3.62. The number of ether oxygens (including phenoxy) is 1. The maximum Gasteiger partial charge on any atom is 0.158 e. The molecule has 0 bridgehead atoms. The number of nitrogens with two attached hydrogens (primary N) is 1. The highest BCUT2D eigenvalue weighted by Gasteiger charge is 2.16. The predicted octanol–water partition coefficient (Wildman–Crippen LogP) is 7.46. The maximum atomic E-state index is 11.3. The number of carbonyl (C=O) groups excluding carboxylic acids is 1. The average Bonchev–Trinajstić information content (AvgIpc) is 2.79. The SMILES string of the molecule is C=C(C)c1ccc(C(C)N)c(NC2CCOCC2)c1.CC.CCCCC(=O)C(C)=C(C)C. The van der Waals surface area contributed by atoms with Crippen molar-refractivity contribution in [3.05, 3.63) is 47.1 Å². The first kappa shape index (κ1) is 30.1. The minimum absolute atomic E-state index is 0.0292. The molecule has 1 aromatic rings. The van der Waals surface area contributed by atoms with Crippen LogP contribution < -0.4 is 11.1 Å². The van der Waals surface area contributed by atoms with Crippen molar-refractivity contribution in [2.75, 3.05) is 18.5 Å². The quantitative estimate of drug-likeness (QED) is 0.408. The molecule has 1 aliphatic rings. The number of anilines is 1. The van der Waals surface area contributed by atoms with Crippen LogP contribution in [-0.4, -0.2) is 25.0 Å². The van der Waals surface area contributed by atoms with E-state index >= 15 is 0 Å². The lowest BCUT2D eigenvalue weighted by molar-refractivity contribution is -0.115. The van der Waals surface area contributed by atoms with Gasteiger partial charge in [0.15, 0.2) is 5.78 Å². The zero-order chi connectivity index (χ0) is 24.7. The third-order valence-electron chi connectivity index (χ3n) is 5.54. The Bertz CT molecular complexity index is 725. The van der Waals surface area contributed by atoms with Gasteiger partial charge >= 0.3 is 0 Å². The molecule has 4 heteroatoms. The molecule has 32 heavy (non-hydrogen) atoms. The third-order valence-corrected chi connectivity index (χ3v) is 5.54. The number of carbonyl (C=O) groups is 1. The molecule has 0 aliphatic carbocycles. The summed E-state index contributed by atoms with van der Waals surface area (Å²) in [5.74, 6) is 0.312. The zero-order valence-electron chi connectivity index (χ0n) is 21.9. The van der Waals surface area contributed by atoms with Gasteiger partial charge in [0.05, 0.1) is 0 Å². The minimum atomic E-state index is 0.0292. The summed E-state index contributed by atoms with van der Waals surface area (Å²) in [6.07, 6.45) is 4.93. The molecule has 1 saturated heterocycles. The molecule has 1 heterocycles. The van der Waals surface area contributed by atoms with Gasteiger partial charge in [0.2, 0.25) is 0 Å². The number of hydrogen-bond donors (Lipinski definition) is 2. The van der Waals surface area contributed by atoms with Crippen LogP contribution in [0.3, 0.4) is 0 Å². The van der Waals surface area contributed by atoms with Crippen LogP contribution in [0.2, 0.25) is 0 Å².